The third-order valence-electron chi connectivity index (χ3n) is 4.28. The van der Waals surface area contributed by atoms with E-state index in [1.54, 1.807) is 0 Å². The van der Waals surface area contributed by atoms with Crippen molar-refractivity contribution in [3.8, 4) is 0 Å². The van der Waals surface area contributed by atoms with Gasteiger partial charge in [0.05, 0.1) is 7.11 Å². The lowest BCUT2D eigenvalue weighted by atomic mass is 9.86. The summed E-state index contributed by atoms with van der Waals surface area (Å²) in [5.41, 5.74) is 2.28. The highest BCUT2D eigenvalue weighted by Crippen LogP contribution is 2.22. The van der Waals surface area contributed by atoms with Gasteiger partial charge in [-0.1, -0.05) is 45.0 Å². The molecule has 0 aliphatic carbocycles. The molecular formula is C19H27NO4. The van der Waals surface area contributed by atoms with Crippen LogP contribution in [0, 0.1) is 0 Å². The SMILES string of the molecule is COC(=O)[C@@H](Cc1ccc(C(C)(C)C)cc1)NC(=O)[C@H]1CCCO1. The first-order valence-electron chi connectivity index (χ1n) is 8.40. The van der Waals surface area contributed by atoms with Crippen LogP contribution >= 0.6 is 0 Å². The van der Waals surface area contributed by atoms with Gasteiger partial charge in [0, 0.05) is 13.0 Å². The molecule has 1 amide bonds. The number of esters is 1. The summed E-state index contributed by atoms with van der Waals surface area (Å²) in [5.74, 6) is -0.685. The minimum absolute atomic E-state index is 0.0777. The highest BCUT2D eigenvalue weighted by Gasteiger charge is 2.29. The average Bonchev–Trinajstić information content (AvgIpc) is 3.07. The van der Waals surface area contributed by atoms with Gasteiger partial charge in [0.2, 0.25) is 5.91 Å². The van der Waals surface area contributed by atoms with Crippen LogP contribution in [0.4, 0.5) is 0 Å². The summed E-state index contributed by atoms with van der Waals surface area (Å²) >= 11 is 0. The lowest BCUT2D eigenvalue weighted by Crippen LogP contribution is -2.47. The Kier molecular flexibility index (Phi) is 5.99. The van der Waals surface area contributed by atoms with E-state index in [9.17, 15) is 9.59 Å². The number of nitrogens with one attached hydrogen (secondary N) is 1. The normalized spacial score (nSPS) is 18.9. The van der Waals surface area contributed by atoms with Gasteiger partial charge in [-0.05, 0) is 29.4 Å². The van der Waals surface area contributed by atoms with Gasteiger partial charge in [-0.15, -0.1) is 0 Å². The Balaban J connectivity index is 2.05. The van der Waals surface area contributed by atoms with Crippen molar-refractivity contribution in [3.05, 3.63) is 35.4 Å². The molecule has 132 valence electrons. The lowest BCUT2D eigenvalue weighted by molar-refractivity contribution is -0.146. The summed E-state index contributed by atoms with van der Waals surface area (Å²) in [5, 5.41) is 2.76. The van der Waals surface area contributed by atoms with Gasteiger partial charge in [-0.3, -0.25) is 4.79 Å². The van der Waals surface area contributed by atoms with Gasteiger partial charge in [0.1, 0.15) is 12.1 Å². The van der Waals surface area contributed by atoms with E-state index < -0.39 is 18.1 Å². The first kappa shape index (κ1) is 18.5. The topological polar surface area (TPSA) is 64.6 Å². The van der Waals surface area contributed by atoms with E-state index in [0.717, 1.165) is 12.0 Å². The summed E-state index contributed by atoms with van der Waals surface area (Å²) in [6.45, 7) is 7.05. The molecule has 1 aromatic carbocycles. The minimum atomic E-state index is -0.702. The second kappa shape index (κ2) is 7.79. The zero-order valence-corrected chi connectivity index (χ0v) is 14.9. The van der Waals surface area contributed by atoms with Crippen molar-refractivity contribution in [2.75, 3.05) is 13.7 Å². The monoisotopic (exact) mass is 333 g/mol. The van der Waals surface area contributed by atoms with Gasteiger partial charge in [0.25, 0.3) is 0 Å². The van der Waals surface area contributed by atoms with E-state index in [4.69, 9.17) is 9.47 Å². The average molecular weight is 333 g/mol. The molecule has 5 heteroatoms. The van der Waals surface area contributed by atoms with Gasteiger partial charge in [-0.2, -0.15) is 0 Å². The number of hydrogen-bond donors (Lipinski definition) is 1. The predicted octanol–water partition coefficient (Wildman–Crippen LogP) is 2.36. The van der Waals surface area contributed by atoms with E-state index >= 15 is 0 Å². The number of methoxy groups -OCH3 is 1. The number of rotatable bonds is 5. The van der Waals surface area contributed by atoms with E-state index in [2.05, 4.69) is 38.2 Å². The van der Waals surface area contributed by atoms with Crippen LogP contribution < -0.4 is 5.32 Å². The van der Waals surface area contributed by atoms with Crippen LogP contribution in [0.1, 0.15) is 44.7 Å². The highest BCUT2D eigenvalue weighted by molar-refractivity contribution is 5.87. The van der Waals surface area contributed by atoms with Crippen LogP contribution in [0.15, 0.2) is 24.3 Å². The maximum absolute atomic E-state index is 12.2. The van der Waals surface area contributed by atoms with Crippen molar-refractivity contribution in [3.63, 3.8) is 0 Å². The van der Waals surface area contributed by atoms with E-state index in [1.807, 2.05) is 12.1 Å². The largest absolute Gasteiger partial charge is 0.467 e. The molecule has 1 heterocycles. The third-order valence-corrected chi connectivity index (χ3v) is 4.28. The maximum atomic E-state index is 12.2. The third kappa shape index (κ3) is 4.81. The van der Waals surface area contributed by atoms with Crippen LogP contribution in [0.3, 0.4) is 0 Å². The molecule has 0 radical (unpaired) electrons. The molecule has 1 fully saturated rings. The Labute approximate surface area is 143 Å². The Bertz CT molecular complexity index is 568. The molecule has 0 spiro atoms. The van der Waals surface area contributed by atoms with Crippen LogP contribution in [-0.2, 0) is 30.9 Å². The van der Waals surface area contributed by atoms with Crippen LogP contribution in [0.25, 0.3) is 0 Å². The summed E-state index contributed by atoms with van der Waals surface area (Å²) in [7, 11) is 1.33. The van der Waals surface area contributed by atoms with Crippen molar-refractivity contribution < 1.29 is 19.1 Å². The predicted molar refractivity (Wildman–Crippen MR) is 91.8 cm³/mol. The number of amides is 1. The zero-order chi connectivity index (χ0) is 17.7. The first-order chi connectivity index (χ1) is 11.3. The number of carbonyl (C=O) groups is 2. The van der Waals surface area contributed by atoms with Gasteiger partial charge >= 0.3 is 5.97 Å². The Hall–Kier alpha value is -1.88. The molecule has 1 aliphatic rings. The Morgan fingerprint density at radius 1 is 1.29 bits per heavy atom. The van der Waals surface area contributed by atoms with E-state index in [-0.39, 0.29) is 11.3 Å². The van der Waals surface area contributed by atoms with Gasteiger partial charge < -0.3 is 14.8 Å². The van der Waals surface area contributed by atoms with Crippen LogP contribution in [-0.4, -0.2) is 37.7 Å². The first-order valence-corrected chi connectivity index (χ1v) is 8.40. The van der Waals surface area contributed by atoms with Crippen molar-refractivity contribution in [2.24, 2.45) is 0 Å². The molecule has 2 atom stereocenters. The standard InChI is InChI=1S/C19H27NO4/c1-19(2,3)14-9-7-13(8-10-14)12-15(18(22)23-4)20-17(21)16-6-5-11-24-16/h7-10,15-16H,5-6,11-12H2,1-4H3,(H,20,21)/t15-,16-/m1/s1. The molecule has 0 unspecified atom stereocenters. The summed E-state index contributed by atoms with van der Waals surface area (Å²) < 4.78 is 10.2. The molecule has 1 saturated heterocycles. The quantitative estimate of drug-likeness (QED) is 0.840. The fourth-order valence-electron chi connectivity index (χ4n) is 2.76. The molecule has 0 bridgehead atoms. The molecule has 0 saturated carbocycles. The molecule has 2 rings (SSSR count). The second-order valence-electron chi connectivity index (χ2n) is 7.24. The van der Waals surface area contributed by atoms with Crippen molar-refractivity contribution in [2.45, 2.75) is 57.6 Å². The fourth-order valence-corrected chi connectivity index (χ4v) is 2.76. The lowest BCUT2D eigenvalue weighted by Gasteiger charge is -2.21. The molecule has 24 heavy (non-hydrogen) atoms. The molecular weight excluding hydrogens is 306 g/mol. The minimum Gasteiger partial charge on any atom is -0.467 e. The summed E-state index contributed by atoms with van der Waals surface area (Å²) in [4.78, 5) is 24.2. The van der Waals surface area contributed by atoms with E-state index in [1.165, 1.54) is 12.7 Å². The van der Waals surface area contributed by atoms with Crippen LogP contribution in [0.5, 0.6) is 0 Å². The Morgan fingerprint density at radius 2 is 1.96 bits per heavy atom. The molecule has 1 aromatic rings. The number of ether oxygens (including phenoxy) is 2. The Morgan fingerprint density at radius 3 is 2.46 bits per heavy atom. The number of hydrogen-bond acceptors (Lipinski definition) is 4. The molecule has 0 aromatic heterocycles. The zero-order valence-electron chi connectivity index (χ0n) is 14.9. The van der Waals surface area contributed by atoms with Gasteiger partial charge in [-0.25, -0.2) is 4.79 Å². The summed E-state index contributed by atoms with van der Waals surface area (Å²) in [6.07, 6.45) is 1.51. The molecule has 1 aliphatic heterocycles. The van der Waals surface area contributed by atoms with Crippen molar-refractivity contribution in [1.29, 1.82) is 0 Å². The van der Waals surface area contributed by atoms with Crippen molar-refractivity contribution in [1.82, 2.24) is 5.32 Å². The summed E-state index contributed by atoms with van der Waals surface area (Å²) in [6, 6.07) is 7.41. The van der Waals surface area contributed by atoms with Crippen molar-refractivity contribution >= 4 is 11.9 Å². The smallest absolute Gasteiger partial charge is 0.328 e. The highest BCUT2D eigenvalue weighted by atomic mass is 16.5. The molecule has 5 nitrogen and oxygen atoms in total. The number of benzene rings is 1. The van der Waals surface area contributed by atoms with Gasteiger partial charge in [0.15, 0.2) is 0 Å². The fraction of sp³-hybridized carbons (Fsp3) is 0.579. The maximum Gasteiger partial charge on any atom is 0.328 e. The number of carbonyl (C=O) groups excluding carboxylic acids is 2. The second-order valence-corrected chi connectivity index (χ2v) is 7.24. The molecule has 1 N–H and O–H groups in total. The van der Waals surface area contributed by atoms with Crippen LogP contribution in [0.2, 0.25) is 0 Å². The van der Waals surface area contributed by atoms with E-state index in [0.29, 0.717) is 19.4 Å².